The number of rotatable bonds is 9. The van der Waals surface area contributed by atoms with Gasteiger partial charge in [-0.3, -0.25) is 4.79 Å². The minimum atomic E-state index is 0.228. The second-order valence-corrected chi connectivity index (χ2v) is 5.43. The first kappa shape index (κ1) is 15.6. The summed E-state index contributed by atoms with van der Waals surface area (Å²) in [5, 5.41) is 0.972. The Morgan fingerprint density at radius 3 is 2.71 bits per heavy atom. The molecule has 1 aromatic carbocycles. The van der Waals surface area contributed by atoms with E-state index in [1.54, 1.807) is 0 Å². The van der Waals surface area contributed by atoms with Gasteiger partial charge >= 0.3 is 0 Å². The highest BCUT2D eigenvalue weighted by atomic mass is 16.5. The number of carbonyl (C=O) groups is 1. The standard InChI is InChI=1S/C18H25NO2/c1-3-5-6-7-8-9-18(20)16-13-19-17-11-10-14(21-4-2)12-15(16)17/h10-13,19H,3-9H2,1-2H3. The molecule has 0 radical (unpaired) electrons. The van der Waals surface area contributed by atoms with Crippen LogP contribution in [0.25, 0.3) is 10.9 Å². The van der Waals surface area contributed by atoms with Gasteiger partial charge in [0, 0.05) is 29.1 Å². The summed E-state index contributed by atoms with van der Waals surface area (Å²) >= 11 is 0. The molecular formula is C18H25NO2. The van der Waals surface area contributed by atoms with E-state index < -0.39 is 0 Å². The third kappa shape index (κ3) is 4.10. The van der Waals surface area contributed by atoms with Crippen molar-refractivity contribution in [3.63, 3.8) is 0 Å². The molecule has 0 atom stereocenters. The highest BCUT2D eigenvalue weighted by molar-refractivity contribution is 6.08. The van der Waals surface area contributed by atoms with E-state index in [1.165, 1.54) is 19.3 Å². The molecule has 0 saturated heterocycles. The molecule has 0 unspecified atom stereocenters. The van der Waals surface area contributed by atoms with Crippen molar-refractivity contribution in [1.82, 2.24) is 4.98 Å². The number of hydrogen-bond acceptors (Lipinski definition) is 2. The van der Waals surface area contributed by atoms with Crippen molar-refractivity contribution in [3.8, 4) is 5.75 Å². The first-order chi connectivity index (χ1) is 10.3. The van der Waals surface area contributed by atoms with E-state index in [0.29, 0.717) is 13.0 Å². The van der Waals surface area contributed by atoms with Crippen molar-refractivity contribution < 1.29 is 9.53 Å². The number of hydrogen-bond donors (Lipinski definition) is 1. The maximum atomic E-state index is 12.4. The van der Waals surface area contributed by atoms with Gasteiger partial charge in [-0.1, -0.05) is 32.6 Å². The summed E-state index contributed by atoms with van der Waals surface area (Å²) in [6.45, 7) is 4.80. The fourth-order valence-electron chi connectivity index (χ4n) is 2.61. The number of fused-ring (bicyclic) bond motifs is 1. The SMILES string of the molecule is CCCCCCCC(=O)c1c[nH]c2ccc(OCC)cc12. The molecule has 0 bridgehead atoms. The highest BCUT2D eigenvalue weighted by Gasteiger charge is 2.12. The molecular weight excluding hydrogens is 262 g/mol. The minimum absolute atomic E-state index is 0.228. The van der Waals surface area contributed by atoms with Gasteiger partial charge in [-0.25, -0.2) is 0 Å². The van der Waals surface area contributed by atoms with E-state index in [1.807, 2.05) is 31.3 Å². The number of aromatic nitrogens is 1. The predicted molar refractivity (Wildman–Crippen MR) is 87.2 cm³/mol. The van der Waals surface area contributed by atoms with Gasteiger partial charge in [-0.2, -0.15) is 0 Å². The minimum Gasteiger partial charge on any atom is -0.494 e. The van der Waals surface area contributed by atoms with Crippen LogP contribution in [-0.4, -0.2) is 17.4 Å². The summed E-state index contributed by atoms with van der Waals surface area (Å²) in [4.78, 5) is 15.5. The molecule has 21 heavy (non-hydrogen) atoms. The Balaban J connectivity index is 2.03. The van der Waals surface area contributed by atoms with Gasteiger partial charge in [0.1, 0.15) is 5.75 Å². The van der Waals surface area contributed by atoms with E-state index >= 15 is 0 Å². The van der Waals surface area contributed by atoms with Crippen LogP contribution < -0.4 is 4.74 Å². The van der Waals surface area contributed by atoms with Crippen molar-refractivity contribution >= 4 is 16.7 Å². The van der Waals surface area contributed by atoms with Crippen molar-refractivity contribution in [3.05, 3.63) is 30.0 Å². The summed E-state index contributed by atoms with van der Waals surface area (Å²) in [6.07, 6.45) is 8.31. The molecule has 1 heterocycles. The molecule has 1 aromatic heterocycles. The summed E-state index contributed by atoms with van der Waals surface area (Å²) < 4.78 is 5.52. The first-order valence-corrected chi connectivity index (χ1v) is 8.03. The Morgan fingerprint density at radius 1 is 1.14 bits per heavy atom. The summed E-state index contributed by atoms with van der Waals surface area (Å²) in [7, 11) is 0. The largest absolute Gasteiger partial charge is 0.494 e. The van der Waals surface area contributed by atoms with E-state index in [2.05, 4.69) is 11.9 Å². The smallest absolute Gasteiger partial charge is 0.165 e. The number of ether oxygens (including phenoxy) is 1. The van der Waals surface area contributed by atoms with Crippen LogP contribution in [0.15, 0.2) is 24.4 Å². The number of carbonyl (C=O) groups excluding carboxylic acids is 1. The number of nitrogens with one attached hydrogen (secondary N) is 1. The Bertz CT molecular complexity index is 586. The van der Waals surface area contributed by atoms with E-state index in [4.69, 9.17) is 4.74 Å². The third-order valence-corrected chi connectivity index (χ3v) is 3.77. The molecule has 2 aromatic rings. The van der Waals surface area contributed by atoms with Crippen LogP contribution in [0.2, 0.25) is 0 Å². The van der Waals surface area contributed by atoms with Crippen LogP contribution in [0, 0.1) is 0 Å². The molecule has 0 fully saturated rings. The number of unbranched alkanes of at least 4 members (excludes halogenated alkanes) is 4. The Hall–Kier alpha value is -1.77. The zero-order valence-corrected chi connectivity index (χ0v) is 13.1. The fourth-order valence-corrected chi connectivity index (χ4v) is 2.61. The summed E-state index contributed by atoms with van der Waals surface area (Å²) in [6, 6.07) is 5.86. The zero-order valence-electron chi connectivity index (χ0n) is 13.1. The second kappa shape index (κ2) is 7.87. The molecule has 0 aliphatic carbocycles. The lowest BCUT2D eigenvalue weighted by atomic mass is 10.0. The van der Waals surface area contributed by atoms with Crippen LogP contribution in [0.4, 0.5) is 0 Å². The molecule has 0 spiro atoms. The van der Waals surface area contributed by atoms with Crippen LogP contribution >= 0.6 is 0 Å². The molecule has 3 heteroatoms. The van der Waals surface area contributed by atoms with Crippen molar-refractivity contribution in [2.24, 2.45) is 0 Å². The maximum Gasteiger partial charge on any atom is 0.165 e. The molecule has 0 amide bonds. The molecule has 1 N–H and O–H groups in total. The normalized spacial score (nSPS) is 11.0. The van der Waals surface area contributed by atoms with E-state index in [-0.39, 0.29) is 5.78 Å². The molecule has 0 saturated carbocycles. The molecule has 114 valence electrons. The quantitative estimate of drug-likeness (QED) is 0.514. The van der Waals surface area contributed by atoms with Crippen molar-refractivity contribution in [2.45, 2.75) is 52.4 Å². The van der Waals surface area contributed by atoms with E-state index in [0.717, 1.165) is 35.1 Å². The van der Waals surface area contributed by atoms with Crippen LogP contribution in [0.5, 0.6) is 5.75 Å². The maximum absolute atomic E-state index is 12.4. The Kier molecular flexibility index (Phi) is 5.85. The van der Waals surface area contributed by atoms with Gasteiger partial charge in [0.05, 0.1) is 6.61 Å². The number of ketones is 1. The average Bonchev–Trinajstić information content (AvgIpc) is 2.90. The van der Waals surface area contributed by atoms with Gasteiger partial charge in [-0.05, 0) is 31.5 Å². The van der Waals surface area contributed by atoms with Gasteiger partial charge < -0.3 is 9.72 Å². The average molecular weight is 287 g/mol. The zero-order chi connectivity index (χ0) is 15.1. The van der Waals surface area contributed by atoms with Gasteiger partial charge in [-0.15, -0.1) is 0 Å². The fraction of sp³-hybridized carbons (Fsp3) is 0.500. The van der Waals surface area contributed by atoms with Crippen molar-refractivity contribution in [2.75, 3.05) is 6.61 Å². The number of H-pyrrole nitrogens is 1. The number of Topliss-reactive ketones (excluding diaryl/α,β-unsaturated/α-hetero) is 1. The lowest BCUT2D eigenvalue weighted by molar-refractivity contribution is 0.0981. The van der Waals surface area contributed by atoms with Gasteiger partial charge in [0.15, 0.2) is 5.78 Å². The van der Waals surface area contributed by atoms with Crippen LogP contribution in [0.1, 0.15) is 62.7 Å². The second-order valence-electron chi connectivity index (χ2n) is 5.43. The Labute approximate surface area is 126 Å². The summed E-state index contributed by atoms with van der Waals surface area (Å²) in [5.74, 6) is 1.05. The third-order valence-electron chi connectivity index (χ3n) is 3.77. The molecule has 3 nitrogen and oxygen atoms in total. The highest BCUT2D eigenvalue weighted by Crippen LogP contribution is 2.25. The molecule has 0 aliphatic rings. The number of benzene rings is 1. The molecule has 0 aliphatic heterocycles. The van der Waals surface area contributed by atoms with Gasteiger partial charge in [0.2, 0.25) is 0 Å². The van der Waals surface area contributed by atoms with Crippen LogP contribution in [0.3, 0.4) is 0 Å². The van der Waals surface area contributed by atoms with Crippen molar-refractivity contribution in [1.29, 1.82) is 0 Å². The monoisotopic (exact) mass is 287 g/mol. The first-order valence-electron chi connectivity index (χ1n) is 8.03. The Morgan fingerprint density at radius 2 is 1.95 bits per heavy atom. The number of aromatic amines is 1. The lowest BCUT2D eigenvalue weighted by Gasteiger charge is -2.04. The topological polar surface area (TPSA) is 42.1 Å². The van der Waals surface area contributed by atoms with E-state index in [9.17, 15) is 4.79 Å². The lowest BCUT2D eigenvalue weighted by Crippen LogP contribution is -1.98. The molecule has 2 rings (SSSR count). The van der Waals surface area contributed by atoms with Gasteiger partial charge in [0.25, 0.3) is 0 Å². The summed E-state index contributed by atoms with van der Waals surface area (Å²) in [5.41, 5.74) is 1.79. The van der Waals surface area contributed by atoms with Crippen LogP contribution in [-0.2, 0) is 0 Å². The predicted octanol–water partition coefficient (Wildman–Crippen LogP) is 5.11.